The van der Waals surface area contributed by atoms with E-state index in [1.807, 2.05) is 18.3 Å². The Bertz CT molecular complexity index is 5630. The van der Waals surface area contributed by atoms with Crippen LogP contribution in [0.1, 0.15) is 25.0 Å². The van der Waals surface area contributed by atoms with Gasteiger partial charge >= 0.3 is 0 Å². The third-order valence-electron chi connectivity index (χ3n) is 19.2. The predicted octanol–water partition coefficient (Wildman–Crippen LogP) is 22.8. The van der Waals surface area contributed by atoms with E-state index in [1.54, 1.807) is 0 Å². The zero-order valence-electron chi connectivity index (χ0n) is 50.2. The Kier molecular flexibility index (Phi) is 11.9. The summed E-state index contributed by atoms with van der Waals surface area (Å²) < 4.78 is 2.41. The van der Waals surface area contributed by atoms with E-state index in [-0.39, 0.29) is 5.41 Å². The van der Waals surface area contributed by atoms with Crippen molar-refractivity contribution in [1.29, 1.82) is 0 Å². The van der Waals surface area contributed by atoms with Gasteiger partial charge in [0.1, 0.15) is 5.82 Å². The van der Waals surface area contributed by atoms with Crippen LogP contribution in [0.3, 0.4) is 0 Å². The van der Waals surface area contributed by atoms with Gasteiger partial charge in [0.05, 0.1) is 28.1 Å². The van der Waals surface area contributed by atoms with E-state index in [0.717, 1.165) is 99.9 Å². The smallest absolute Gasteiger partial charge is 0.160 e. The van der Waals surface area contributed by atoms with Crippen LogP contribution in [0.2, 0.25) is 0 Å². The molecule has 426 valence electrons. The third kappa shape index (κ3) is 8.28. The maximum absolute atomic E-state index is 5.36. The molecule has 0 aliphatic heterocycles. The molecule has 5 heteroatoms. The van der Waals surface area contributed by atoms with Crippen LogP contribution in [0.4, 0.5) is 17.1 Å². The van der Waals surface area contributed by atoms with Gasteiger partial charge in [-0.3, -0.25) is 4.57 Å². The van der Waals surface area contributed by atoms with Crippen LogP contribution in [0.5, 0.6) is 0 Å². The third-order valence-corrected chi connectivity index (χ3v) is 19.2. The highest BCUT2D eigenvalue weighted by molar-refractivity contribution is 6.28. The molecule has 3 heterocycles. The second-order valence-corrected chi connectivity index (χ2v) is 24.6. The fourth-order valence-electron chi connectivity index (χ4n) is 15.1. The Labute approximate surface area is 527 Å². The molecule has 3 aromatic heterocycles. The van der Waals surface area contributed by atoms with E-state index in [1.165, 1.54) is 71.3 Å². The predicted molar refractivity (Wildman–Crippen MR) is 381 cm³/mol. The van der Waals surface area contributed by atoms with Crippen molar-refractivity contribution in [3.63, 3.8) is 0 Å². The zero-order chi connectivity index (χ0) is 60.3. The molecule has 17 aromatic rings. The Morgan fingerprint density at radius 2 is 0.802 bits per heavy atom. The fraction of sp³-hybridized carbons (Fsp3) is 0.0349. The van der Waals surface area contributed by atoms with Crippen molar-refractivity contribution >= 4 is 92.7 Å². The van der Waals surface area contributed by atoms with E-state index in [4.69, 9.17) is 15.0 Å². The van der Waals surface area contributed by atoms with Crippen LogP contribution in [-0.2, 0) is 5.41 Å². The Morgan fingerprint density at radius 1 is 0.330 bits per heavy atom. The number of nitrogens with zero attached hydrogens (tertiary/aromatic N) is 5. The number of fused-ring (bicyclic) bond motifs is 15. The first-order chi connectivity index (χ1) is 44.9. The molecule has 0 bridgehead atoms. The molecule has 0 unspecified atom stereocenters. The van der Waals surface area contributed by atoms with E-state index in [0.29, 0.717) is 5.82 Å². The SMILES string of the molecule is CC1(C)c2cc3c(cc2-c2ccc4c5ccccc5c5ccccc5c4c21)c1ccc(-c2c4ccccc4c(N(c4ccccc4)c4ccc(-c5ccccc5)cc4)c4ccccc24)cc1n3-c1cc(-c2nc(-c3ccccc3)cc(-c3ccccc3)n2)ccn1. The molecule has 0 saturated heterocycles. The number of anilines is 3. The molecule has 0 fully saturated rings. The summed E-state index contributed by atoms with van der Waals surface area (Å²) >= 11 is 0. The van der Waals surface area contributed by atoms with Gasteiger partial charge in [-0.25, -0.2) is 15.0 Å². The Morgan fingerprint density at radius 3 is 1.42 bits per heavy atom. The summed E-state index contributed by atoms with van der Waals surface area (Å²) in [6.45, 7) is 4.85. The lowest BCUT2D eigenvalue weighted by Crippen LogP contribution is -2.16. The lowest BCUT2D eigenvalue weighted by molar-refractivity contribution is 0.667. The molecule has 0 atom stereocenters. The first-order valence-electron chi connectivity index (χ1n) is 31.3. The number of rotatable bonds is 9. The molecule has 0 amide bonds. The number of hydrogen-bond acceptors (Lipinski definition) is 4. The highest BCUT2D eigenvalue weighted by Crippen LogP contribution is 2.56. The van der Waals surface area contributed by atoms with Crippen molar-refractivity contribution in [2.75, 3.05) is 4.90 Å². The summed E-state index contributed by atoms with van der Waals surface area (Å²) in [5, 5.41) is 14.7. The molecule has 0 saturated carbocycles. The Balaban J connectivity index is 0.882. The van der Waals surface area contributed by atoms with Crippen molar-refractivity contribution in [1.82, 2.24) is 19.5 Å². The molecule has 18 rings (SSSR count). The summed E-state index contributed by atoms with van der Waals surface area (Å²) in [4.78, 5) is 18.5. The highest BCUT2D eigenvalue weighted by atomic mass is 15.1. The summed E-state index contributed by atoms with van der Waals surface area (Å²) in [6, 6.07) is 110. The van der Waals surface area contributed by atoms with Crippen LogP contribution in [0, 0.1) is 0 Å². The van der Waals surface area contributed by atoms with E-state index < -0.39 is 0 Å². The molecule has 0 N–H and O–H groups in total. The number of hydrogen-bond donors (Lipinski definition) is 0. The molecule has 0 radical (unpaired) electrons. The average molecular weight is 1160 g/mol. The quantitative estimate of drug-likeness (QED) is 0.107. The molecular weight excluding hydrogens is 1100 g/mol. The molecular formula is C86H57N5. The number of para-hydroxylation sites is 1. The number of benzene rings is 14. The van der Waals surface area contributed by atoms with Gasteiger partial charge in [0.2, 0.25) is 0 Å². The summed E-state index contributed by atoms with van der Waals surface area (Å²) in [6.07, 6.45) is 1.93. The van der Waals surface area contributed by atoms with E-state index in [2.05, 4.69) is 315 Å². The van der Waals surface area contributed by atoms with Gasteiger partial charge in [-0.15, -0.1) is 0 Å². The molecule has 0 spiro atoms. The molecule has 14 aromatic carbocycles. The lowest BCUT2D eigenvalue weighted by atomic mass is 9.78. The van der Waals surface area contributed by atoms with E-state index >= 15 is 0 Å². The average Bonchev–Trinajstić information content (AvgIpc) is 1.58. The molecule has 1 aliphatic carbocycles. The lowest BCUT2D eigenvalue weighted by Gasteiger charge is -2.29. The van der Waals surface area contributed by atoms with Gasteiger partial charge in [-0.1, -0.05) is 257 Å². The monoisotopic (exact) mass is 1160 g/mol. The minimum Gasteiger partial charge on any atom is -0.309 e. The van der Waals surface area contributed by atoms with Crippen molar-refractivity contribution in [3.05, 3.63) is 321 Å². The van der Waals surface area contributed by atoms with Crippen molar-refractivity contribution in [2.24, 2.45) is 0 Å². The minimum atomic E-state index is -0.373. The van der Waals surface area contributed by atoms with Crippen LogP contribution >= 0.6 is 0 Å². The maximum Gasteiger partial charge on any atom is 0.160 e. The van der Waals surface area contributed by atoms with Gasteiger partial charge in [0, 0.05) is 61.2 Å². The number of aromatic nitrogens is 4. The van der Waals surface area contributed by atoms with Gasteiger partial charge in [0.15, 0.2) is 5.82 Å². The fourth-order valence-corrected chi connectivity index (χ4v) is 15.1. The van der Waals surface area contributed by atoms with Crippen molar-refractivity contribution in [3.8, 4) is 73.1 Å². The largest absolute Gasteiger partial charge is 0.309 e. The summed E-state index contributed by atoms with van der Waals surface area (Å²) in [5.74, 6) is 1.41. The van der Waals surface area contributed by atoms with Crippen LogP contribution < -0.4 is 4.90 Å². The van der Waals surface area contributed by atoms with Gasteiger partial charge in [0.25, 0.3) is 0 Å². The summed E-state index contributed by atoms with van der Waals surface area (Å²) in [7, 11) is 0. The molecule has 5 nitrogen and oxygen atoms in total. The molecule has 1 aliphatic rings. The minimum absolute atomic E-state index is 0.373. The standard InChI is InChI=1S/C86H57N5/c1-86(2)75-52-79-74(51-73(75)70-46-45-69-64-33-16-15-31-62(64)63-32-17-18-34-66(63)82(69)83(70)86)65-44-41-58(49-78(65)91(79)80-50-59(47-48-87-80)85-88-76(56-25-9-4-10-26-56)53-77(89-85)57-27-11-5-12-28-57)81-67-35-19-21-37-71(67)84(72-38-22-20-36-68(72)81)90(60-29-13-6-14-30-60)61-42-39-55(40-43-61)54-23-7-3-8-24-54/h3-53H,1-2H3. The molecule has 91 heavy (non-hydrogen) atoms. The van der Waals surface area contributed by atoms with Gasteiger partial charge < -0.3 is 4.90 Å². The second kappa shape index (κ2) is 20.7. The maximum atomic E-state index is 5.36. The van der Waals surface area contributed by atoms with E-state index in [9.17, 15) is 0 Å². The van der Waals surface area contributed by atoms with Crippen LogP contribution in [-0.4, -0.2) is 19.5 Å². The second-order valence-electron chi connectivity index (χ2n) is 24.6. The first kappa shape index (κ1) is 52.3. The van der Waals surface area contributed by atoms with Gasteiger partial charge in [-0.05, 0) is 148 Å². The normalized spacial score (nSPS) is 12.6. The zero-order valence-corrected chi connectivity index (χ0v) is 50.2. The number of pyridine rings is 1. The highest BCUT2D eigenvalue weighted by Gasteiger charge is 2.39. The summed E-state index contributed by atoms with van der Waals surface area (Å²) in [5.41, 5.74) is 19.5. The van der Waals surface area contributed by atoms with Crippen LogP contribution in [0.25, 0.3) is 149 Å². The first-order valence-corrected chi connectivity index (χ1v) is 31.3. The Hall–Kier alpha value is -11.8. The van der Waals surface area contributed by atoms with Crippen molar-refractivity contribution in [2.45, 2.75) is 19.3 Å². The topological polar surface area (TPSA) is 46.8 Å². The van der Waals surface area contributed by atoms with Crippen LogP contribution in [0.15, 0.2) is 310 Å². The van der Waals surface area contributed by atoms with Crippen molar-refractivity contribution < 1.29 is 0 Å². The van der Waals surface area contributed by atoms with Gasteiger partial charge in [-0.2, -0.15) is 0 Å².